The molecule has 0 aliphatic carbocycles. The lowest BCUT2D eigenvalue weighted by Gasteiger charge is -2.08. The van der Waals surface area contributed by atoms with Gasteiger partial charge in [0, 0.05) is 37.3 Å². The summed E-state index contributed by atoms with van der Waals surface area (Å²) in [6, 6.07) is 5.97. The normalized spacial score (nSPS) is 11.4. The van der Waals surface area contributed by atoms with Crippen LogP contribution in [0.1, 0.15) is 18.4 Å². The van der Waals surface area contributed by atoms with Gasteiger partial charge in [0.2, 0.25) is 15.9 Å². The molecular formula is C16H21ClN4O3S. The molecule has 2 N–H and O–H groups in total. The molecule has 0 radical (unpaired) electrons. The average molecular weight is 385 g/mol. The van der Waals surface area contributed by atoms with E-state index >= 15 is 0 Å². The summed E-state index contributed by atoms with van der Waals surface area (Å²) in [5.41, 5.74) is 1.09. The highest BCUT2D eigenvalue weighted by Crippen LogP contribution is 2.14. The quantitative estimate of drug-likeness (QED) is 0.644. The zero-order valence-electron chi connectivity index (χ0n) is 13.9. The van der Waals surface area contributed by atoms with Gasteiger partial charge in [0.05, 0.1) is 11.1 Å². The first kappa shape index (κ1) is 19.4. The number of amides is 1. The third kappa shape index (κ3) is 6.49. The van der Waals surface area contributed by atoms with Crippen LogP contribution in [0.25, 0.3) is 0 Å². The Morgan fingerprint density at radius 3 is 2.80 bits per heavy atom. The number of benzene rings is 1. The largest absolute Gasteiger partial charge is 0.356 e. The van der Waals surface area contributed by atoms with E-state index in [4.69, 9.17) is 11.6 Å². The van der Waals surface area contributed by atoms with Crippen molar-refractivity contribution < 1.29 is 13.2 Å². The first-order valence-corrected chi connectivity index (χ1v) is 9.74. The molecule has 1 amide bonds. The van der Waals surface area contributed by atoms with Crippen LogP contribution in [0, 0.1) is 6.92 Å². The van der Waals surface area contributed by atoms with E-state index in [0.29, 0.717) is 11.6 Å². The molecule has 0 unspecified atom stereocenters. The van der Waals surface area contributed by atoms with Crippen LogP contribution in [0.2, 0.25) is 5.02 Å². The summed E-state index contributed by atoms with van der Waals surface area (Å²) in [4.78, 5) is 11.8. The molecule has 9 heteroatoms. The van der Waals surface area contributed by atoms with Crippen molar-refractivity contribution in [2.75, 3.05) is 13.1 Å². The predicted molar refractivity (Wildman–Crippen MR) is 95.8 cm³/mol. The molecule has 136 valence electrons. The number of aryl methyl sites for hydroxylation is 2. The van der Waals surface area contributed by atoms with E-state index in [2.05, 4.69) is 15.1 Å². The molecule has 0 saturated heterocycles. The van der Waals surface area contributed by atoms with E-state index in [9.17, 15) is 13.2 Å². The van der Waals surface area contributed by atoms with Crippen molar-refractivity contribution in [1.82, 2.24) is 19.8 Å². The van der Waals surface area contributed by atoms with Gasteiger partial charge in [-0.25, -0.2) is 13.1 Å². The van der Waals surface area contributed by atoms with Gasteiger partial charge in [-0.1, -0.05) is 17.7 Å². The summed E-state index contributed by atoms with van der Waals surface area (Å²) in [5.74, 6) is -0.203. The minimum atomic E-state index is -3.66. The van der Waals surface area contributed by atoms with Crippen LogP contribution in [0.4, 0.5) is 0 Å². The maximum atomic E-state index is 12.1. The number of hydrogen-bond donors (Lipinski definition) is 2. The van der Waals surface area contributed by atoms with Crippen molar-refractivity contribution in [3.05, 3.63) is 47.2 Å². The molecule has 0 atom stereocenters. The highest BCUT2D eigenvalue weighted by Gasteiger charge is 2.14. The second kappa shape index (κ2) is 8.98. The van der Waals surface area contributed by atoms with Crippen LogP contribution in [-0.4, -0.2) is 37.2 Å². The van der Waals surface area contributed by atoms with E-state index in [-0.39, 0.29) is 23.8 Å². The number of hydrogen-bond acceptors (Lipinski definition) is 4. The minimum Gasteiger partial charge on any atom is -0.356 e. The summed E-state index contributed by atoms with van der Waals surface area (Å²) in [6.45, 7) is 3.23. The molecule has 1 heterocycles. The molecule has 2 rings (SSSR count). The van der Waals surface area contributed by atoms with Crippen molar-refractivity contribution >= 4 is 27.5 Å². The lowest BCUT2D eigenvalue weighted by molar-refractivity contribution is -0.120. The van der Waals surface area contributed by atoms with Crippen molar-refractivity contribution in [3.63, 3.8) is 0 Å². The van der Waals surface area contributed by atoms with E-state index < -0.39 is 10.0 Å². The standard InChI is InChI=1S/C16H21ClN4O3S/c1-13-11-19-21(12-13)9-3-7-18-16(22)6-8-20-25(23,24)15-5-2-4-14(17)10-15/h2,4-5,10-12,20H,3,6-9H2,1H3,(H,18,22). The Morgan fingerprint density at radius 1 is 1.32 bits per heavy atom. The summed E-state index contributed by atoms with van der Waals surface area (Å²) < 4.78 is 28.4. The fourth-order valence-electron chi connectivity index (χ4n) is 2.16. The highest BCUT2D eigenvalue weighted by molar-refractivity contribution is 7.89. The minimum absolute atomic E-state index is 0.0268. The van der Waals surface area contributed by atoms with Gasteiger partial charge in [0.1, 0.15) is 0 Å². The lowest BCUT2D eigenvalue weighted by Crippen LogP contribution is -2.31. The monoisotopic (exact) mass is 384 g/mol. The summed E-state index contributed by atoms with van der Waals surface area (Å²) >= 11 is 5.79. The Morgan fingerprint density at radius 2 is 2.12 bits per heavy atom. The van der Waals surface area contributed by atoms with Gasteiger partial charge in [-0.3, -0.25) is 9.48 Å². The van der Waals surface area contributed by atoms with Gasteiger partial charge in [-0.05, 0) is 37.1 Å². The Kier molecular flexibility index (Phi) is 6.98. The summed E-state index contributed by atoms with van der Waals surface area (Å²) in [6.07, 6.45) is 4.54. The van der Waals surface area contributed by atoms with Crippen molar-refractivity contribution in [3.8, 4) is 0 Å². The van der Waals surface area contributed by atoms with Crippen LogP contribution in [0.15, 0.2) is 41.6 Å². The molecule has 7 nitrogen and oxygen atoms in total. The van der Waals surface area contributed by atoms with Crippen LogP contribution < -0.4 is 10.0 Å². The molecule has 0 spiro atoms. The van der Waals surface area contributed by atoms with Crippen molar-refractivity contribution in [1.29, 1.82) is 0 Å². The highest BCUT2D eigenvalue weighted by atomic mass is 35.5. The van der Waals surface area contributed by atoms with Crippen LogP contribution in [0.3, 0.4) is 0 Å². The summed E-state index contributed by atoms with van der Waals surface area (Å²) in [5, 5.41) is 7.26. The fraction of sp³-hybridized carbons (Fsp3) is 0.375. The molecule has 2 aromatic rings. The molecule has 25 heavy (non-hydrogen) atoms. The van der Waals surface area contributed by atoms with Gasteiger partial charge < -0.3 is 5.32 Å². The topological polar surface area (TPSA) is 93.1 Å². The number of rotatable bonds is 9. The Balaban J connectivity index is 1.66. The van der Waals surface area contributed by atoms with Crippen molar-refractivity contribution in [2.24, 2.45) is 0 Å². The third-order valence-electron chi connectivity index (χ3n) is 3.40. The first-order chi connectivity index (χ1) is 11.9. The maximum Gasteiger partial charge on any atom is 0.240 e. The van der Waals surface area contributed by atoms with E-state index in [1.807, 2.05) is 17.8 Å². The van der Waals surface area contributed by atoms with Crippen LogP contribution in [0.5, 0.6) is 0 Å². The first-order valence-electron chi connectivity index (χ1n) is 7.88. The number of sulfonamides is 1. The number of nitrogens with one attached hydrogen (secondary N) is 2. The van der Waals surface area contributed by atoms with Crippen molar-refractivity contribution in [2.45, 2.75) is 31.2 Å². The second-order valence-corrected chi connectivity index (χ2v) is 7.79. The third-order valence-corrected chi connectivity index (χ3v) is 5.09. The molecular weight excluding hydrogens is 364 g/mol. The lowest BCUT2D eigenvalue weighted by atomic mass is 10.3. The Hall–Kier alpha value is -1.90. The Labute approximate surface area is 152 Å². The van der Waals surface area contributed by atoms with Gasteiger partial charge in [0.25, 0.3) is 0 Å². The zero-order chi connectivity index (χ0) is 18.3. The molecule has 0 fully saturated rings. The molecule has 0 aliphatic rings. The van der Waals surface area contributed by atoms with Crippen LogP contribution >= 0.6 is 11.6 Å². The zero-order valence-corrected chi connectivity index (χ0v) is 15.5. The van der Waals surface area contributed by atoms with Gasteiger partial charge in [0.15, 0.2) is 0 Å². The fourth-order valence-corrected chi connectivity index (χ4v) is 3.50. The Bertz CT molecular complexity index is 820. The average Bonchev–Trinajstić information content (AvgIpc) is 2.97. The number of carbonyl (C=O) groups excluding carboxylic acids is 1. The van der Waals surface area contributed by atoms with Crippen LogP contribution in [-0.2, 0) is 21.4 Å². The number of nitrogens with zero attached hydrogens (tertiary/aromatic N) is 2. The van der Waals surface area contributed by atoms with E-state index in [1.165, 1.54) is 12.1 Å². The molecule has 0 aliphatic heterocycles. The van der Waals surface area contributed by atoms with Gasteiger partial charge >= 0.3 is 0 Å². The number of carbonyl (C=O) groups is 1. The molecule has 1 aromatic heterocycles. The second-order valence-electron chi connectivity index (χ2n) is 5.59. The molecule has 1 aromatic carbocycles. The maximum absolute atomic E-state index is 12.1. The van der Waals surface area contributed by atoms with Gasteiger partial charge in [-0.2, -0.15) is 5.10 Å². The number of halogens is 1. The van der Waals surface area contributed by atoms with E-state index in [0.717, 1.165) is 18.5 Å². The molecule has 0 bridgehead atoms. The summed E-state index contributed by atoms with van der Waals surface area (Å²) in [7, 11) is -3.66. The smallest absolute Gasteiger partial charge is 0.240 e. The molecule has 0 saturated carbocycles. The van der Waals surface area contributed by atoms with E-state index in [1.54, 1.807) is 18.3 Å². The van der Waals surface area contributed by atoms with Gasteiger partial charge in [-0.15, -0.1) is 0 Å². The number of aromatic nitrogens is 2. The SMILES string of the molecule is Cc1cnn(CCCNC(=O)CCNS(=O)(=O)c2cccc(Cl)c2)c1. The predicted octanol–water partition coefficient (Wildman–Crippen LogP) is 1.72.